The standard InChI is InChI=1S/C14H21N7/c1-20(2)11(10-4-5-10)9-16-12-8-13(19-14(15)18-12)21-7-3-6-17-21/h3,6-8,10-11H,4-5,9H2,1-2H3,(H3,15,16,18,19). The predicted molar refractivity (Wildman–Crippen MR) is 82.3 cm³/mol. The van der Waals surface area contributed by atoms with E-state index in [1.165, 1.54) is 12.8 Å². The van der Waals surface area contributed by atoms with Crippen LogP contribution in [0.5, 0.6) is 0 Å². The third-order valence-electron chi connectivity index (χ3n) is 3.79. The molecule has 0 aromatic carbocycles. The minimum Gasteiger partial charge on any atom is -0.368 e. The zero-order chi connectivity index (χ0) is 14.8. The summed E-state index contributed by atoms with van der Waals surface area (Å²) in [5.74, 6) is 2.44. The fourth-order valence-electron chi connectivity index (χ4n) is 2.53. The van der Waals surface area contributed by atoms with Gasteiger partial charge in [-0.05, 0) is 38.9 Å². The predicted octanol–water partition coefficient (Wildman–Crippen LogP) is 0.997. The van der Waals surface area contributed by atoms with Gasteiger partial charge in [-0.25, -0.2) is 4.68 Å². The van der Waals surface area contributed by atoms with Gasteiger partial charge in [-0.2, -0.15) is 15.1 Å². The number of rotatable bonds is 6. The van der Waals surface area contributed by atoms with Gasteiger partial charge in [0.25, 0.3) is 0 Å². The Kier molecular flexibility index (Phi) is 3.74. The van der Waals surface area contributed by atoms with Gasteiger partial charge >= 0.3 is 0 Å². The maximum atomic E-state index is 5.79. The number of nitrogen functional groups attached to an aromatic ring is 1. The van der Waals surface area contributed by atoms with Gasteiger partial charge in [0.1, 0.15) is 5.82 Å². The molecular weight excluding hydrogens is 266 g/mol. The van der Waals surface area contributed by atoms with Crippen LogP contribution in [0.3, 0.4) is 0 Å². The van der Waals surface area contributed by atoms with Crippen LogP contribution >= 0.6 is 0 Å². The molecule has 7 heteroatoms. The van der Waals surface area contributed by atoms with Gasteiger partial charge in [0.15, 0.2) is 5.82 Å². The number of hydrogen-bond acceptors (Lipinski definition) is 6. The zero-order valence-corrected chi connectivity index (χ0v) is 12.4. The van der Waals surface area contributed by atoms with Gasteiger partial charge in [-0.1, -0.05) is 0 Å². The molecule has 0 bridgehead atoms. The molecule has 2 aromatic rings. The summed E-state index contributed by atoms with van der Waals surface area (Å²) in [5, 5.41) is 7.54. The molecule has 21 heavy (non-hydrogen) atoms. The summed E-state index contributed by atoms with van der Waals surface area (Å²) in [6.45, 7) is 0.854. The molecule has 1 saturated carbocycles. The molecule has 1 atom stereocenters. The minimum absolute atomic E-state index is 0.248. The number of nitrogens with two attached hydrogens (primary N) is 1. The Morgan fingerprint density at radius 2 is 2.24 bits per heavy atom. The van der Waals surface area contributed by atoms with Crippen molar-refractivity contribution in [2.75, 3.05) is 31.7 Å². The van der Waals surface area contributed by atoms with E-state index in [2.05, 4.69) is 39.4 Å². The number of hydrogen-bond donors (Lipinski definition) is 2. The smallest absolute Gasteiger partial charge is 0.224 e. The van der Waals surface area contributed by atoms with E-state index in [9.17, 15) is 0 Å². The average molecular weight is 287 g/mol. The van der Waals surface area contributed by atoms with E-state index in [0.29, 0.717) is 11.9 Å². The van der Waals surface area contributed by atoms with Crippen LogP contribution in [-0.4, -0.2) is 51.3 Å². The topological polar surface area (TPSA) is 84.9 Å². The molecular formula is C14H21N7. The molecule has 7 nitrogen and oxygen atoms in total. The van der Waals surface area contributed by atoms with Crippen LogP contribution in [0.4, 0.5) is 11.8 Å². The van der Waals surface area contributed by atoms with Crippen molar-refractivity contribution >= 4 is 11.8 Å². The molecule has 1 unspecified atom stereocenters. The third-order valence-corrected chi connectivity index (χ3v) is 3.79. The first-order valence-corrected chi connectivity index (χ1v) is 7.18. The molecule has 0 amide bonds. The molecule has 2 aromatic heterocycles. The second kappa shape index (κ2) is 5.69. The number of anilines is 2. The Morgan fingerprint density at radius 1 is 1.43 bits per heavy atom. The van der Waals surface area contributed by atoms with Crippen LogP contribution in [0.15, 0.2) is 24.5 Å². The Bertz CT molecular complexity index is 587. The third kappa shape index (κ3) is 3.30. The summed E-state index contributed by atoms with van der Waals surface area (Å²) >= 11 is 0. The van der Waals surface area contributed by atoms with Crippen molar-refractivity contribution in [1.82, 2.24) is 24.6 Å². The van der Waals surface area contributed by atoms with Crippen molar-refractivity contribution in [3.05, 3.63) is 24.5 Å². The average Bonchev–Trinajstić information content (AvgIpc) is 3.11. The van der Waals surface area contributed by atoms with Crippen molar-refractivity contribution in [2.45, 2.75) is 18.9 Å². The van der Waals surface area contributed by atoms with Crippen LogP contribution in [0.1, 0.15) is 12.8 Å². The lowest BCUT2D eigenvalue weighted by Crippen LogP contribution is -2.36. The molecule has 0 aliphatic heterocycles. The van der Waals surface area contributed by atoms with Gasteiger partial charge in [0.2, 0.25) is 5.95 Å². The highest BCUT2D eigenvalue weighted by Gasteiger charge is 2.32. The molecule has 3 N–H and O–H groups in total. The summed E-state index contributed by atoms with van der Waals surface area (Å²) in [7, 11) is 4.24. The quantitative estimate of drug-likeness (QED) is 0.824. The van der Waals surface area contributed by atoms with Gasteiger partial charge in [-0.3, -0.25) is 0 Å². The maximum Gasteiger partial charge on any atom is 0.224 e. The molecule has 0 radical (unpaired) electrons. The summed E-state index contributed by atoms with van der Waals surface area (Å²) in [6, 6.07) is 4.23. The Balaban J connectivity index is 1.73. The summed E-state index contributed by atoms with van der Waals surface area (Å²) in [4.78, 5) is 10.7. The Hall–Kier alpha value is -2.15. The van der Waals surface area contributed by atoms with Gasteiger partial charge in [0.05, 0.1) is 0 Å². The van der Waals surface area contributed by atoms with Gasteiger partial charge in [0, 0.05) is 31.0 Å². The summed E-state index contributed by atoms with van der Waals surface area (Å²) in [5.41, 5.74) is 5.79. The number of likely N-dealkylation sites (N-methyl/N-ethyl adjacent to an activating group) is 1. The van der Waals surface area contributed by atoms with E-state index >= 15 is 0 Å². The van der Waals surface area contributed by atoms with Crippen LogP contribution in [0.2, 0.25) is 0 Å². The highest BCUT2D eigenvalue weighted by atomic mass is 15.3. The Morgan fingerprint density at radius 3 is 2.86 bits per heavy atom. The van der Waals surface area contributed by atoms with E-state index in [1.807, 2.05) is 18.3 Å². The lowest BCUT2D eigenvalue weighted by molar-refractivity contribution is 0.276. The van der Waals surface area contributed by atoms with Gasteiger partial charge in [-0.15, -0.1) is 0 Å². The molecule has 1 aliphatic rings. The number of nitrogens with zero attached hydrogens (tertiary/aromatic N) is 5. The van der Waals surface area contributed by atoms with E-state index in [4.69, 9.17) is 5.73 Å². The molecule has 112 valence electrons. The molecule has 1 aliphatic carbocycles. The van der Waals surface area contributed by atoms with E-state index < -0.39 is 0 Å². The van der Waals surface area contributed by atoms with Crippen LogP contribution in [-0.2, 0) is 0 Å². The number of nitrogens with one attached hydrogen (secondary N) is 1. The fraction of sp³-hybridized carbons (Fsp3) is 0.500. The van der Waals surface area contributed by atoms with E-state index in [1.54, 1.807) is 10.9 Å². The SMILES string of the molecule is CN(C)C(CNc1cc(-n2cccn2)nc(N)n1)C1CC1. The van der Waals surface area contributed by atoms with Crippen molar-refractivity contribution in [3.8, 4) is 5.82 Å². The first-order chi connectivity index (χ1) is 10.1. The van der Waals surface area contributed by atoms with Crippen molar-refractivity contribution < 1.29 is 0 Å². The lowest BCUT2D eigenvalue weighted by Gasteiger charge is -2.24. The van der Waals surface area contributed by atoms with Crippen molar-refractivity contribution in [2.24, 2.45) is 5.92 Å². The largest absolute Gasteiger partial charge is 0.368 e. The molecule has 2 heterocycles. The van der Waals surface area contributed by atoms with E-state index in [-0.39, 0.29) is 5.95 Å². The molecule has 0 saturated heterocycles. The van der Waals surface area contributed by atoms with E-state index in [0.717, 1.165) is 18.3 Å². The maximum absolute atomic E-state index is 5.79. The normalized spacial score (nSPS) is 16.1. The highest BCUT2D eigenvalue weighted by molar-refractivity contribution is 5.45. The number of aromatic nitrogens is 4. The molecule has 3 rings (SSSR count). The van der Waals surface area contributed by atoms with Crippen LogP contribution in [0, 0.1) is 5.92 Å². The van der Waals surface area contributed by atoms with Gasteiger partial charge < -0.3 is 16.0 Å². The Labute approximate surface area is 124 Å². The van der Waals surface area contributed by atoms with Crippen molar-refractivity contribution in [3.63, 3.8) is 0 Å². The lowest BCUT2D eigenvalue weighted by atomic mass is 10.1. The molecule has 1 fully saturated rings. The monoisotopic (exact) mass is 287 g/mol. The summed E-state index contributed by atoms with van der Waals surface area (Å²) in [6.07, 6.45) is 6.17. The van der Waals surface area contributed by atoms with Crippen LogP contribution in [0.25, 0.3) is 5.82 Å². The van der Waals surface area contributed by atoms with Crippen molar-refractivity contribution in [1.29, 1.82) is 0 Å². The first kappa shape index (κ1) is 13.8. The zero-order valence-electron chi connectivity index (χ0n) is 12.4. The fourth-order valence-corrected chi connectivity index (χ4v) is 2.53. The minimum atomic E-state index is 0.248. The summed E-state index contributed by atoms with van der Waals surface area (Å²) < 4.78 is 1.67. The van der Waals surface area contributed by atoms with Crippen LogP contribution < -0.4 is 11.1 Å². The molecule has 0 spiro atoms. The second-order valence-corrected chi connectivity index (χ2v) is 5.67. The first-order valence-electron chi connectivity index (χ1n) is 7.18. The highest BCUT2D eigenvalue weighted by Crippen LogP contribution is 2.34. The second-order valence-electron chi connectivity index (χ2n) is 5.67.